The van der Waals surface area contributed by atoms with Crippen molar-refractivity contribution in [2.45, 2.75) is 19.9 Å². The zero-order chi connectivity index (χ0) is 23.5. The molecule has 0 atom stereocenters. The van der Waals surface area contributed by atoms with E-state index in [0.717, 1.165) is 49.3 Å². The van der Waals surface area contributed by atoms with E-state index >= 15 is 0 Å². The number of nitrogens with two attached hydrogens (primary N) is 1. The van der Waals surface area contributed by atoms with Crippen LogP contribution in [-0.4, -0.2) is 55.0 Å². The Bertz CT molecular complexity index is 1120. The second-order valence-electron chi connectivity index (χ2n) is 8.20. The highest BCUT2D eigenvalue weighted by Gasteiger charge is 2.21. The van der Waals surface area contributed by atoms with Gasteiger partial charge in [-0.25, -0.2) is 9.37 Å². The third-order valence-electron chi connectivity index (χ3n) is 5.80. The molecule has 4 rings (SSSR count). The number of benzene rings is 2. The topological polar surface area (TPSA) is 83.7 Å². The fourth-order valence-electron chi connectivity index (χ4n) is 3.86. The van der Waals surface area contributed by atoms with Gasteiger partial charge in [0.05, 0.1) is 7.11 Å². The highest BCUT2D eigenvalue weighted by Crippen LogP contribution is 2.31. The molecule has 0 unspecified atom stereocenters. The average Bonchev–Trinajstić information content (AvgIpc) is 3.18. The van der Waals surface area contributed by atoms with Gasteiger partial charge in [-0.05, 0) is 56.3 Å². The Balaban J connectivity index is 1.42. The number of hydrogen-bond acceptors (Lipinski definition) is 8. The molecule has 1 fully saturated rings. The quantitative estimate of drug-likeness (QED) is 0.497. The summed E-state index contributed by atoms with van der Waals surface area (Å²) in [7, 11) is 1.37. The summed E-state index contributed by atoms with van der Waals surface area (Å²) in [5, 5.41) is 3.71. The number of piperazine rings is 1. The number of aromatic nitrogens is 1. The fourth-order valence-corrected chi connectivity index (χ4v) is 4.73. The van der Waals surface area contributed by atoms with Gasteiger partial charge in [-0.2, -0.15) is 0 Å². The first-order chi connectivity index (χ1) is 15.9. The maximum atomic E-state index is 14.0. The molecule has 7 nitrogen and oxygen atoms in total. The van der Waals surface area contributed by atoms with Gasteiger partial charge >= 0.3 is 0 Å². The highest BCUT2D eigenvalue weighted by atomic mass is 32.1. The molecule has 2 aromatic carbocycles. The van der Waals surface area contributed by atoms with Crippen molar-refractivity contribution in [3.8, 4) is 5.75 Å². The largest absolute Gasteiger partial charge is 0.494 e. The molecule has 0 spiro atoms. The minimum Gasteiger partial charge on any atom is -0.494 e. The number of methoxy groups -OCH3 is 1. The molecule has 2 heterocycles. The van der Waals surface area contributed by atoms with Gasteiger partial charge in [-0.1, -0.05) is 11.3 Å². The van der Waals surface area contributed by atoms with E-state index < -0.39 is 5.82 Å². The number of carbonyl (C=O) groups excluding carboxylic acids is 1. The lowest BCUT2D eigenvalue weighted by Gasteiger charge is -2.38. The molecule has 0 bridgehead atoms. The monoisotopic (exact) mass is 469 g/mol. The molecule has 174 valence electrons. The van der Waals surface area contributed by atoms with Crippen LogP contribution in [0, 0.1) is 5.82 Å². The van der Waals surface area contributed by atoms with Gasteiger partial charge in [-0.15, -0.1) is 0 Å². The fraction of sp³-hybridized carbons (Fsp3) is 0.333. The average molecular weight is 470 g/mol. The van der Waals surface area contributed by atoms with Gasteiger partial charge in [0.25, 0.3) is 0 Å². The predicted octanol–water partition coefficient (Wildman–Crippen LogP) is 4.38. The summed E-state index contributed by atoms with van der Waals surface area (Å²) in [4.78, 5) is 22.2. The van der Waals surface area contributed by atoms with Crippen molar-refractivity contribution in [2.24, 2.45) is 0 Å². The minimum absolute atomic E-state index is 0.0800. The Morgan fingerprint density at radius 2 is 1.85 bits per heavy atom. The molecule has 3 N–H and O–H groups in total. The summed E-state index contributed by atoms with van der Waals surface area (Å²) in [5.41, 5.74) is 8.21. The third-order valence-corrected chi connectivity index (χ3v) is 6.79. The lowest BCUT2D eigenvalue weighted by Crippen LogP contribution is -2.48. The van der Waals surface area contributed by atoms with E-state index in [1.807, 2.05) is 12.1 Å². The molecule has 0 radical (unpaired) electrons. The van der Waals surface area contributed by atoms with E-state index in [-0.39, 0.29) is 27.8 Å². The van der Waals surface area contributed by atoms with E-state index in [9.17, 15) is 9.18 Å². The molecule has 1 aliphatic heterocycles. The minimum atomic E-state index is -0.601. The number of nitrogen functional groups attached to an aromatic ring is 1. The van der Waals surface area contributed by atoms with E-state index in [1.165, 1.54) is 24.9 Å². The van der Waals surface area contributed by atoms with E-state index in [4.69, 9.17) is 10.5 Å². The molecular weight excluding hydrogens is 441 g/mol. The van der Waals surface area contributed by atoms with Crippen molar-refractivity contribution in [3.05, 3.63) is 58.7 Å². The van der Waals surface area contributed by atoms with Crippen LogP contribution in [0.15, 0.2) is 42.5 Å². The summed E-state index contributed by atoms with van der Waals surface area (Å²) in [6.45, 7) is 8.60. The maximum Gasteiger partial charge on any atom is 0.206 e. The lowest BCUT2D eigenvalue weighted by atomic mass is 10.1. The standard InChI is InChI=1S/C24H28FN5O2S/c1-15(2)29-10-12-30(13-11-29)18-7-5-17(6-8-18)27-24-28-23(26)22(33-24)21(31)16-4-9-20(32-3)19(25)14-16/h4-9,14-15H,10-13,26H2,1-3H3,(H,27,28). The van der Waals surface area contributed by atoms with Crippen LogP contribution in [0.4, 0.5) is 26.7 Å². The summed E-state index contributed by atoms with van der Waals surface area (Å²) >= 11 is 1.14. The van der Waals surface area contributed by atoms with Crippen molar-refractivity contribution in [1.82, 2.24) is 9.88 Å². The van der Waals surface area contributed by atoms with Crippen LogP contribution in [0.25, 0.3) is 0 Å². The Kier molecular flexibility index (Phi) is 6.80. The molecule has 0 saturated carbocycles. The van der Waals surface area contributed by atoms with Crippen LogP contribution in [0.1, 0.15) is 29.1 Å². The number of ketones is 1. The van der Waals surface area contributed by atoms with Crippen molar-refractivity contribution in [3.63, 3.8) is 0 Å². The highest BCUT2D eigenvalue weighted by molar-refractivity contribution is 7.18. The SMILES string of the molecule is COc1ccc(C(=O)c2sc(Nc3ccc(N4CCN(C(C)C)CC4)cc3)nc2N)cc1F. The first kappa shape index (κ1) is 23.0. The third kappa shape index (κ3) is 5.09. The van der Waals surface area contributed by atoms with Crippen molar-refractivity contribution in [1.29, 1.82) is 0 Å². The second-order valence-corrected chi connectivity index (χ2v) is 9.20. The second kappa shape index (κ2) is 9.76. The van der Waals surface area contributed by atoms with Gasteiger partial charge in [0.1, 0.15) is 10.7 Å². The number of nitrogens with zero attached hydrogens (tertiary/aromatic N) is 3. The van der Waals surface area contributed by atoms with Gasteiger partial charge in [0.15, 0.2) is 16.7 Å². The molecule has 1 aliphatic rings. The van der Waals surface area contributed by atoms with Crippen LogP contribution in [0.2, 0.25) is 0 Å². The molecular formula is C24H28FN5O2S. The predicted molar refractivity (Wildman–Crippen MR) is 132 cm³/mol. The normalized spacial score (nSPS) is 14.5. The number of anilines is 4. The first-order valence-electron chi connectivity index (χ1n) is 10.9. The number of hydrogen-bond donors (Lipinski definition) is 2. The van der Waals surface area contributed by atoms with Crippen LogP contribution in [0.5, 0.6) is 5.75 Å². The Hall–Kier alpha value is -3.17. The molecule has 1 saturated heterocycles. The molecule has 1 aromatic heterocycles. The van der Waals surface area contributed by atoms with Gasteiger partial charge in [0.2, 0.25) is 5.78 Å². The van der Waals surface area contributed by atoms with Crippen LogP contribution >= 0.6 is 11.3 Å². The number of carbonyl (C=O) groups is 1. The Morgan fingerprint density at radius 1 is 1.15 bits per heavy atom. The zero-order valence-electron chi connectivity index (χ0n) is 19.0. The van der Waals surface area contributed by atoms with E-state index in [0.29, 0.717) is 11.2 Å². The number of thiazole rings is 1. The molecule has 3 aromatic rings. The van der Waals surface area contributed by atoms with Crippen molar-refractivity contribution >= 4 is 39.4 Å². The van der Waals surface area contributed by atoms with Crippen LogP contribution in [-0.2, 0) is 0 Å². The Labute approximate surface area is 197 Å². The summed E-state index contributed by atoms with van der Waals surface area (Å²) in [5.74, 6) is -0.786. The van der Waals surface area contributed by atoms with Gasteiger partial charge in [0, 0.05) is 49.2 Å². The molecule has 9 heteroatoms. The summed E-state index contributed by atoms with van der Waals surface area (Å²) < 4.78 is 18.9. The van der Waals surface area contributed by atoms with Gasteiger partial charge in [-0.3, -0.25) is 9.69 Å². The maximum absolute atomic E-state index is 14.0. The zero-order valence-corrected chi connectivity index (χ0v) is 19.8. The summed E-state index contributed by atoms with van der Waals surface area (Å²) in [6.07, 6.45) is 0. The van der Waals surface area contributed by atoms with E-state index in [2.05, 4.69) is 46.1 Å². The first-order valence-corrected chi connectivity index (χ1v) is 11.7. The molecule has 33 heavy (non-hydrogen) atoms. The van der Waals surface area contributed by atoms with Gasteiger partial charge < -0.3 is 20.7 Å². The van der Waals surface area contributed by atoms with Crippen molar-refractivity contribution < 1.29 is 13.9 Å². The molecule has 0 amide bonds. The number of halogens is 1. The van der Waals surface area contributed by atoms with Crippen molar-refractivity contribution in [2.75, 3.05) is 49.2 Å². The Morgan fingerprint density at radius 3 is 2.45 bits per heavy atom. The molecule has 0 aliphatic carbocycles. The number of ether oxygens (including phenoxy) is 1. The number of rotatable bonds is 7. The van der Waals surface area contributed by atoms with Crippen LogP contribution < -0.4 is 20.7 Å². The van der Waals surface area contributed by atoms with E-state index in [1.54, 1.807) is 0 Å². The summed E-state index contributed by atoms with van der Waals surface area (Å²) in [6, 6.07) is 12.8. The smallest absolute Gasteiger partial charge is 0.206 e. The lowest BCUT2D eigenvalue weighted by molar-refractivity contribution is 0.104. The van der Waals surface area contributed by atoms with Crippen LogP contribution in [0.3, 0.4) is 0 Å². The number of nitrogens with one attached hydrogen (secondary N) is 1.